The minimum absolute atomic E-state index is 0.226. The molecular formula is C21H32O2Si. The van der Waals surface area contributed by atoms with Gasteiger partial charge in [-0.25, -0.2) is 0 Å². The SMILES string of the molecule is CC(C)(C)[Si](C)(C)Oc1ccc(C2CCC3(CC2)CC(=O)C3)cc1. The van der Waals surface area contributed by atoms with E-state index in [0.29, 0.717) is 17.1 Å². The van der Waals surface area contributed by atoms with Crippen LogP contribution in [0.4, 0.5) is 0 Å². The van der Waals surface area contributed by atoms with E-state index >= 15 is 0 Å². The standard InChI is InChI=1S/C21H32O2Si/c1-20(2,3)24(4,5)23-19-8-6-16(7-9-19)17-10-12-21(13-11-17)14-18(22)15-21/h6-9,17H,10-15H2,1-5H3. The Morgan fingerprint density at radius 3 is 2.04 bits per heavy atom. The van der Waals surface area contributed by atoms with Crippen LogP contribution in [0.15, 0.2) is 24.3 Å². The lowest BCUT2D eigenvalue weighted by molar-refractivity contribution is -0.134. The van der Waals surface area contributed by atoms with Gasteiger partial charge in [-0.15, -0.1) is 0 Å². The quantitative estimate of drug-likeness (QED) is 0.621. The van der Waals surface area contributed by atoms with Crippen LogP contribution in [0.2, 0.25) is 18.1 Å². The lowest BCUT2D eigenvalue weighted by Gasteiger charge is -2.45. The summed E-state index contributed by atoms with van der Waals surface area (Å²) in [6.07, 6.45) is 6.61. The van der Waals surface area contributed by atoms with Crippen LogP contribution in [0.1, 0.15) is 70.8 Å². The zero-order valence-electron chi connectivity index (χ0n) is 15.9. The van der Waals surface area contributed by atoms with Crippen molar-refractivity contribution in [2.45, 2.75) is 83.3 Å². The van der Waals surface area contributed by atoms with Crippen molar-refractivity contribution >= 4 is 14.1 Å². The second kappa shape index (κ2) is 6.01. The first-order valence-corrected chi connectivity index (χ1v) is 12.3. The van der Waals surface area contributed by atoms with E-state index in [-0.39, 0.29) is 5.04 Å². The number of benzene rings is 1. The third kappa shape index (κ3) is 3.46. The van der Waals surface area contributed by atoms with Crippen molar-refractivity contribution in [3.63, 3.8) is 0 Å². The Bertz CT molecular complexity index is 592. The van der Waals surface area contributed by atoms with Gasteiger partial charge in [0.15, 0.2) is 0 Å². The number of ketones is 1. The Hall–Kier alpha value is -1.09. The highest BCUT2D eigenvalue weighted by atomic mass is 28.4. The molecule has 0 unspecified atom stereocenters. The molecule has 1 spiro atoms. The molecule has 0 atom stereocenters. The van der Waals surface area contributed by atoms with E-state index < -0.39 is 8.32 Å². The number of Topliss-reactive ketones (excluding diaryl/α,β-unsaturated/α-hetero) is 1. The Kier molecular flexibility index (Phi) is 4.44. The first-order chi connectivity index (χ1) is 11.1. The predicted molar refractivity (Wildman–Crippen MR) is 102 cm³/mol. The van der Waals surface area contributed by atoms with Crippen LogP contribution in [0.5, 0.6) is 5.75 Å². The highest BCUT2D eigenvalue weighted by Gasteiger charge is 2.45. The monoisotopic (exact) mass is 344 g/mol. The van der Waals surface area contributed by atoms with Gasteiger partial charge in [-0.1, -0.05) is 32.9 Å². The molecule has 0 heterocycles. The molecule has 2 nitrogen and oxygen atoms in total. The van der Waals surface area contributed by atoms with Gasteiger partial charge in [0.2, 0.25) is 8.32 Å². The van der Waals surface area contributed by atoms with Crippen LogP contribution >= 0.6 is 0 Å². The van der Waals surface area contributed by atoms with Crippen molar-refractivity contribution < 1.29 is 9.22 Å². The molecule has 2 saturated carbocycles. The van der Waals surface area contributed by atoms with Crippen LogP contribution in [0.25, 0.3) is 0 Å². The van der Waals surface area contributed by atoms with Crippen molar-refractivity contribution in [2.75, 3.05) is 0 Å². The van der Waals surface area contributed by atoms with Crippen molar-refractivity contribution in [3.05, 3.63) is 29.8 Å². The zero-order chi connectivity index (χ0) is 17.6. The second-order valence-electron chi connectivity index (χ2n) is 9.60. The molecule has 1 aromatic rings. The van der Waals surface area contributed by atoms with Gasteiger partial charge in [-0.2, -0.15) is 0 Å². The van der Waals surface area contributed by atoms with E-state index in [1.54, 1.807) is 0 Å². The maximum atomic E-state index is 11.3. The first kappa shape index (κ1) is 17.7. The van der Waals surface area contributed by atoms with Crippen molar-refractivity contribution in [1.82, 2.24) is 0 Å². The van der Waals surface area contributed by atoms with Gasteiger partial charge in [-0.05, 0) is 72.8 Å². The zero-order valence-corrected chi connectivity index (χ0v) is 16.9. The fraction of sp³-hybridized carbons (Fsp3) is 0.667. The summed E-state index contributed by atoms with van der Waals surface area (Å²) in [6, 6.07) is 8.84. The molecule has 132 valence electrons. The topological polar surface area (TPSA) is 26.3 Å². The summed E-state index contributed by atoms with van der Waals surface area (Å²) in [5, 5.41) is 0.226. The predicted octanol–water partition coefficient (Wildman–Crippen LogP) is 6.08. The minimum Gasteiger partial charge on any atom is -0.544 e. The molecule has 0 bridgehead atoms. The molecule has 0 aliphatic heterocycles. The average Bonchev–Trinajstić information content (AvgIpc) is 2.46. The fourth-order valence-electron chi connectivity index (χ4n) is 3.96. The lowest BCUT2D eigenvalue weighted by atomic mass is 9.58. The molecule has 0 radical (unpaired) electrons. The molecule has 0 amide bonds. The normalized spacial score (nSPS) is 21.6. The highest BCUT2D eigenvalue weighted by molar-refractivity contribution is 6.74. The van der Waals surface area contributed by atoms with E-state index in [4.69, 9.17) is 4.43 Å². The smallest absolute Gasteiger partial charge is 0.250 e. The summed E-state index contributed by atoms with van der Waals surface area (Å²) in [4.78, 5) is 11.3. The maximum Gasteiger partial charge on any atom is 0.250 e. The van der Waals surface area contributed by atoms with Gasteiger partial charge in [-0.3, -0.25) is 4.79 Å². The molecule has 2 fully saturated rings. The largest absolute Gasteiger partial charge is 0.544 e. The van der Waals surface area contributed by atoms with Gasteiger partial charge in [0.05, 0.1) is 0 Å². The van der Waals surface area contributed by atoms with E-state index in [9.17, 15) is 4.79 Å². The third-order valence-electron chi connectivity index (χ3n) is 6.72. The van der Waals surface area contributed by atoms with E-state index in [1.807, 2.05) is 0 Å². The number of hydrogen-bond acceptors (Lipinski definition) is 2. The number of carbonyl (C=O) groups is 1. The Labute approximate surface area is 148 Å². The average molecular weight is 345 g/mol. The van der Waals surface area contributed by atoms with Gasteiger partial charge in [0.1, 0.15) is 11.5 Å². The molecule has 3 rings (SSSR count). The molecule has 0 N–H and O–H groups in total. The molecule has 1 aromatic carbocycles. The van der Waals surface area contributed by atoms with Crippen molar-refractivity contribution in [1.29, 1.82) is 0 Å². The third-order valence-corrected chi connectivity index (χ3v) is 11.1. The van der Waals surface area contributed by atoms with E-state index in [1.165, 1.54) is 31.2 Å². The van der Waals surface area contributed by atoms with Gasteiger partial charge in [0.25, 0.3) is 0 Å². The van der Waals surface area contributed by atoms with Crippen molar-refractivity contribution in [3.8, 4) is 5.75 Å². The van der Waals surface area contributed by atoms with Crippen LogP contribution < -0.4 is 4.43 Å². The molecular weight excluding hydrogens is 312 g/mol. The van der Waals surface area contributed by atoms with Gasteiger partial charge in [0, 0.05) is 12.8 Å². The van der Waals surface area contributed by atoms with E-state index in [2.05, 4.69) is 58.1 Å². The lowest BCUT2D eigenvalue weighted by Crippen LogP contribution is -2.43. The Morgan fingerprint density at radius 1 is 1.04 bits per heavy atom. The van der Waals surface area contributed by atoms with Crippen LogP contribution in [-0.2, 0) is 4.79 Å². The van der Waals surface area contributed by atoms with Crippen LogP contribution in [0, 0.1) is 5.41 Å². The minimum atomic E-state index is -1.76. The number of carbonyl (C=O) groups excluding carboxylic acids is 1. The summed E-state index contributed by atoms with van der Waals surface area (Å²) in [6.45, 7) is 11.4. The van der Waals surface area contributed by atoms with Gasteiger partial charge >= 0.3 is 0 Å². The summed E-state index contributed by atoms with van der Waals surface area (Å²) in [7, 11) is -1.76. The maximum absolute atomic E-state index is 11.3. The Balaban J connectivity index is 1.60. The number of hydrogen-bond donors (Lipinski definition) is 0. The number of rotatable bonds is 3. The summed E-state index contributed by atoms with van der Waals surface area (Å²) < 4.78 is 6.38. The Morgan fingerprint density at radius 2 is 1.58 bits per heavy atom. The van der Waals surface area contributed by atoms with E-state index in [0.717, 1.165) is 18.6 Å². The molecule has 24 heavy (non-hydrogen) atoms. The second-order valence-corrected chi connectivity index (χ2v) is 14.3. The van der Waals surface area contributed by atoms with Crippen LogP contribution in [0.3, 0.4) is 0 Å². The fourth-order valence-corrected chi connectivity index (χ4v) is 4.99. The molecule has 3 heteroatoms. The summed E-state index contributed by atoms with van der Waals surface area (Å²) >= 11 is 0. The van der Waals surface area contributed by atoms with Crippen LogP contribution in [-0.4, -0.2) is 14.1 Å². The molecule has 0 aromatic heterocycles. The molecule has 2 aliphatic carbocycles. The summed E-state index contributed by atoms with van der Waals surface area (Å²) in [5.41, 5.74) is 1.83. The first-order valence-electron chi connectivity index (χ1n) is 9.41. The molecule has 2 aliphatic rings. The highest BCUT2D eigenvalue weighted by Crippen LogP contribution is 2.52. The summed E-state index contributed by atoms with van der Waals surface area (Å²) in [5.74, 6) is 2.15. The van der Waals surface area contributed by atoms with Gasteiger partial charge < -0.3 is 4.43 Å². The molecule has 0 saturated heterocycles. The van der Waals surface area contributed by atoms with Crippen molar-refractivity contribution in [2.24, 2.45) is 5.41 Å².